The van der Waals surface area contributed by atoms with Gasteiger partial charge in [-0.1, -0.05) is 72.8 Å². The summed E-state index contributed by atoms with van der Waals surface area (Å²) in [4.78, 5) is 0.353. The molecule has 1 N–H and O–H groups in total. The highest BCUT2D eigenvalue weighted by Crippen LogP contribution is 2.23. The van der Waals surface area contributed by atoms with E-state index in [4.69, 9.17) is 0 Å². The Hall–Kier alpha value is -0.660. The van der Waals surface area contributed by atoms with Crippen molar-refractivity contribution in [1.29, 1.82) is 0 Å². The van der Waals surface area contributed by atoms with Gasteiger partial charge in [-0.3, -0.25) is 0 Å². The van der Waals surface area contributed by atoms with Crippen molar-refractivity contribution in [3.05, 3.63) is 42.5 Å². The van der Waals surface area contributed by atoms with Gasteiger partial charge in [0.15, 0.2) is 0 Å². The standard InChI is InChI=1S/C15H18INO2S/c1-11(2)14(10-16)17-20(18,19)15-9-5-7-12-6-3-4-8-13(12)15/h3-9,11,14,17H,10H2,1-2H3. The summed E-state index contributed by atoms with van der Waals surface area (Å²) in [5.74, 6) is 0.261. The number of fused-ring (bicyclic) bond motifs is 1. The lowest BCUT2D eigenvalue weighted by atomic mass is 10.1. The summed E-state index contributed by atoms with van der Waals surface area (Å²) in [7, 11) is -3.50. The van der Waals surface area contributed by atoms with Crippen LogP contribution in [0.1, 0.15) is 13.8 Å². The molecule has 2 aromatic carbocycles. The second-order valence-electron chi connectivity index (χ2n) is 5.10. The first kappa shape index (κ1) is 15.7. The smallest absolute Gasteiger partial charge is 0.207 e. The van der Waals surface area contributed by atoms with E-state index in [0.29, 0.717) is 4.90 Å². The quantitative estimate of drug-likeness (QED) is 0.613. The number of sulfonamides is 1. The summed E-state index contributed by atoms with van der Waals surface area (Å²) in [6.45, 7) is 4.05. The van der Waals surface area contributed by atoms with Gasteiger partial charge in [-0.2, -0.15) is 0 Å². The maximum absolute atomic E-state index is 12.6. The van der Waals surface area contributed by atoms with Crippen molar-refractivity contribution in [3.8, 4) is 0 Å². The SMILES string of the molecule is CC(C)C(CI)NS(=O)(=O)c1cccc2ccccc12. The third-order valence-corrected chi connectivity index (χ3v) is 5.81. The predicted octanol–water partition coefficient (Wildman–Crippen LogP) is 3.58. The average Bonchev–Trinajstić information content (AvgIpc) is 2.43. The first-order valence-electron chi connectivity index (χ1n) is 6.52. The van der Waals surface area contributed by atoms with E-state index in [9.17, 15) is 8.42 Å². The number of rotatable bonds is 5. The summed E-state index contributed by atoms with van der Waals surface area (Å²) in [5.41, 5.74) is 0. The highest BCUT2D eigenvalue weighted by Gasteiger charge is 2.23. The van der Waals surface area contributed by atoms with E-state index >= 15 is 0 Å². The fourth-order valence-corrected chi connectivity index (χ4v) is 5.19. The van der Waals surface area contributed by atoms with E-state index in [1.165, 1.54) is 0 Å². The van der Waals surface area contributed by atoms with E-state index in [1.807, 2.05) is 44.2 Å². The Kier molecular flexibility index (Phi) is 5.04. The summed E-state index contributed by atoms with van der Waals surface area (Å²) in [6.07, 6.45) is 0. The van der Waals surface area contributed by atoms with Crippen molar-refractivity contribution in [2.24, 2.45) is 5.92 Å². The van der Waals surface area contributed by atoms with E-state index in [1.54, 1.807) is 12.1 Å². The van der Waals surface area contributed by atoms with E-state index < -0.39 is 10.0 Å². The summed E-state index contributed by atoms with van der Waals surface area (Å²) < 4.78 is 28.8. The molecule has 0 aliphatic heterocycles. The minimum absolute atomic E-state index is 0.0560. The largest absolute Gasteiger partial charge is 0.241 e. The Morgan fingerprint density at radius 2 is 1.75 bits per heavy atom. The fourth-order valence-electron chi connectivity index (χ4n) is 2.04. The van der Waals surface area contributed by atoms with Gasteiger partial charge < -0.3 is 0 Å². The molecule has 5 heteroatoms. The van der Waals surface area contributed by atoms with Gasteiger partial charge in [-0.15, -0.1) is 0 Å². The third-order valence-electron chi connectivity index (χ3n) is 3.32. The minimum Gasteiger partial charge on any atom is -0.207 e. The van der Waals surface area contributed by atoms with Crippen molar-refractivity contribution >= 4 is 43.4 Å². The number of nitrogens with one attached hydrogen (secondary N) is 1. The predicted molar refractivity (Wildman–Crippen MR) is 91.8 cm³/mol. The number of benzene rings is 2. The van der Waals surface area contributed by atoms with Crippen LogP contribution in [0.25, 0.3) is 10.8 Å². The molecule has 0 fully saturated rings. The molecule has 0 aliphatic rings. The van der Waals surface area contributed by atoms with Crippen LogP contribution in [0.15, 0.2) is 47.4 Å². The van der Waals surface area contributed by atoms with Crippen molar-refractivity contribution in [2.75, 3.05) is 4.43 Å². The molecule has 2 aromatic rings. The number of hydrogen-bond acceptors (Lipinski definition) is 2. The van der Waals surface area contributed by atoms with Gasteiger partial charge in [0.25, 0.3) is 0 Å². The van der Waals surface area contributed by atoms with Crippen molar-refractivity contribution in [2.45, 2.75) is 24.8 Å². The Morgan fingerprint density at radius 1 is 1.10 bits per heavy atom. The van der Waals surface area contributed by atoms with Crippen molar-refractivity contribution < 1.29 is 8.42 Å². The van der Waals surface area contributed by atoms with Crippen LogP contribution in [0, 0.1) is 5.92 Å². The van der Waals surface area contributed by atoms with Crippen LogP contribution >= 0.6 is 22.6 Å². The van der Waals surface area contributed by atoms with Crippen LogP contribution in [0.3, 0.4) is 0 Å². The molecule has 1 unspecified atom stereocenters. The molecule has 0 bridgehead atoms. The van der Waals surface area contributed by atoms with Gasteiger partial charge >= 0.3 is 0 Å². The topological polar surface area (TPSA) is 46.2 Å². The molecule has 0 radical (unpaired) electrons. The highest BCUT2D eigenvalue weighted by molar-refractivity contribution is 14.1. The first-order chi connectivity index (χ1) is 9.45. The maximum Gasteiger partial charge on any atom is 0.241 e. The molecule has 108 valence electrons. The molecule has 0 saturated carbocycles. The Bertz CT molecular complexity index is 693. The maximum atomic E-state index is 12.6. The highest BCUT2D eigenvalue weighted by atomic mass is 127. The van der Waals surface area contributed by atoms with Crippen molar-refractivity contribution in [3.63, 3.8) is 0 Å². The minimum atomic E-state index is -3.50. The van der Waals surface area contributed by atoms with Crippen LogP contribution < -0.4 is 4.72 Å². The molecule has 20 heavy (non-hydrogen) atoms. The molecule has 0 spiro atoms. The zero-order valence-corrected chi connectivity index (χ0v) is 14.5. The Balaban J connectivity index is 2.47. The first-order valence-corrected chi connectivity index (χ1v) is 9.52. The van der Waals surface area contributed by atoms with Gasteiger partial charge in [-0.25, -0.2) is 13.1 Å². The molecule has 0 amide bonds. The molecular weight excluding hydrogens is 385 g/mol. The number of halogens is 1. The molecule has 0 saturated heterocycles. The lowest BCUT2D eigenvalue weighted by Crippen LogP contribution is -2.39. The van der Waals surface area contributed by atoms with E-state index in [-0.39, 0.29) is 12.0 Å². The van der Waals surface area contributed by atoms with E-state index in [0.717, 1.165) is 15.2 Å². The number of alkyl halides is 1. The van der Waals surface area contributed by atoms with Crippen LogP contribution in [0.5, 0.6) is 0 Å². The summed E-state index contributed by atoms with van der Waals surface area (Å²) >= 11 is 2.22. The second kappa shape index (κ2) is 6.41. The van der Waals surface area contributed by atoms with Gasteiger partial charge in [0.05, 0.1) is 4.90 Å². The van der Waals surface area contributed by atoms with Gasteiger partial charge in [-0.05, 0) is 17.4 Å². The van der Waals surface area contributed by atoms with Crippen LogP contribution in [-0.2, 0) is 10.0 Å². The summed E-state index contributed by atoms with van der Waals surface area (Å²) in [6, 6.07) is 12.9. The van der Waals surface area contributed by atoms with E-state index in [2.05, 4.69) is 27.3 Å². The summed E-state index contributed by atoms with van der Waals surface area (Å²) in [5, 5.41) is 1.70. The normalized spacial score (nSPS) is 13.8. The Labute approximate surface area is 134 Å². The fraction of sp³-hybridized carbons (Fsp3) is 0.333. The van der Waals surface area contributed by atoms with Crippen molar-refractivity contribution in [1.82, 2.24) is 4.72 Å². The molecule has 1 atom stereocenters. The zero-order chi connectivity index (χ0) is 14.8. The lowest BCUT2D eigenvalue weighted by molar-refractivity contribution is 0.486. The average molecular weight is 403 g/mol. The Morgan fingerprint density at radius 3 is 2.40 bits per heavy atom. The van der Waals surface area contributed by atoms with Gasteiger partial charge in [0.2, 0.25) is 10.0 Å². The molecule has 0 aliphatic carbocycles. The van der Waals surface area contributed by atoms with Crippen LogP contribution in [-0.4, -0.2) is 18.9 Å². The molecular formula is C15H18INO2S. The zero-order valence-electron chi connectivity index (χ0n) is 11.5. The third kappa shape index (κ3) is 3.32. The monoisotopic (exact) mass is 403 g/mol. The second-order valence-corrected chi connectivity index (χ2v) is 7.67. The lowest BCUT2D eigenvalue weighted by Gasteiger charge is -2.20. The van der Waals surface area contributed by atoms with Gasteiger partial charge in [0, 0.05) is 15.9 Å². The van der Waals surface area contributed by atoms with Crippen LogP contribution in [0.2, 0.25) is 0 Å². The molecule has 2 rings (SSSR count). The number of hydrogen-bond donors (Lipinski definition) is 1. The molecule has 0 aromatic heterocycles. The van der Waals surface area contributed by atoms with Crippen LogP contribution in [0.4, 0.5) is 0 Å². The molecule has 3 nitrogen and oxygen atoms in total. The molecule has 0 heterocycles. The van der Waals surface area contributed by atoms with Gasteiger partial charge in [0.1, 0.15) is 0 Å².